The number of rotatable bonds is 7. The van der Waals surface area contributed by atoms with Gasteiger partial charge in [-0.3, -0.25) is 9.11 Å². The van der Waals surface area contributed by atoms with Crippen molar-refractivity contribution in [2.75, 3.05) is 20.8 Å². The summed E-state index contributed by atoms with van der Waals surface area (Å²) in [7, 11) is -6.97. The molecule has 0 saturated carbocycles. The second-order valence-corrected chi connectivity index (χ2v) is 6.21. The fourth-order valence-electron chi connectivity index (χ4n) is 1.83. The van der Waals surface area contributed by atoms with Gasteiger partial charge in [0, 0.05) is 20.6 Å². The smallest absolute Gasteiger partial charge is 0.378 e. The van der Waals surface area contributed by atoms with Crippen LogP contribution in [-0.2, 0) is 43.4 Å². The van der Waals surface area contributed by atoms with Gasteiger partial charge in [-0.25, -0.2) is 8.37 Å². The lowest BCUT2D eigenvalue weighted by atomic mass is 10.0. The summed E-state index contributed by atoms with van der Waals surface area (Å²) in [6.07, 6.45) is -4.34. The van der Waals surface area contributed by atoms with E-state index in [1.807, 2.05) is 0 Å². The van der Waals surface area contributed by atoms with Crippen molar-refractivity contribution in [2.24, 2.45) is 0 Å². The van der Waals surface area contributed by atoms with Gasteiger partial charge in [-0.05, 0) is 0 Å². The third-order valence-electron chi connectivity index (χ3n) is 2.63. The van der Waals surface area contributed by atoms with Crippen molar-refractivity contribution in [1.82, 2.24) is 0 Å². The summed E-state index contributed by atoms with van der Waals surface area (Å²) in [5.74, 6) is 0. The summed E-state index contributed by atoms with van der Waals surface area (Å²) in [5, 5.41) is 0. The van der Waals surface area contributed by atoms with Crippen LogP contribution >= 0.6 is 0 Å². The van der Waals surface area contributed by atoms with Gasteiger partial charge in [-0.2, -0.15) is 16.8 Å². The van der Waals surface area contributed by atoms with E-state index in [2.05, 4.69) is 8.37 Å². The predicted molar refractivity (Wildman–Crippen MR) is 65.0 cm³/mol. The summed E-state index contributed by atoms with van der Waals surface area (Å²) in [6, 6.07) is 0. The molecule has 0 radical (unpaired) electrons. The molecule has 1 fully saturated rings. The first-order valence-electron chi connectivity index (χ1n) is 5.54. The molecule has 1 aliphatic rings. The first-order chi connectivity index (χ1) is 9.55. The Labute approximate surface area is 122 Å². The SMILES string of the molecule is COC1CC(COS(=O)(=O)O)O[C@@H](OC)C1OS(=O)(=O)O. The molecule has 2 N–H and O–H groups in total. The van der Waals surface area contributed by atoms with Gasteiger partial charge in [0.1, 0.15) is 0 Å². The topological polar surface area (TPSA) is 155 Å². The van der Waals surface area contributed by atoms with Crippen molar-refractivity contribution >= 4 is 20.8 Å². The lowest BCUT2D eigenvalue weighted by molar-refractivity contribution is -0.258. The maximum Gasteiger partial charge on any atom is 0.397 e. The van der Waals surface area contributed by atoms with Gasteiger partial charge in [0.15, 0.2) is 12.4 Å². The molecule has 4 atom stereocenters. The summed E-state index contributed by atoms with van der Waals surface area (Å²) < 4.78 is 83.5. The number of ether oxygens (including phenoxy) is 3. The Bertz CT molecular complexity index is 512. The van der Waals surface area contributed by atoms with Gasteiger partial charge in [-0.1, -0.05) is 0 Å². The molecular formula is C8H16O11S2. The molecule has 1 heterocycles. The average Bonchev–Trinajstić information content (AvgIpc) is 2.34. The Balaban J connectivity index is 2.79. The Kier molecular flexibility index (Phi) is 6.45. The Morgan fingerprint density at radius 2 is 1.71 bits per heavy atom. The molecule has 0 spiro atoms. The first-order valence-corrected chi connectivity index (χ1v) is 8.27. The van der Waals surface area contributed by atoms with E-state index in [1.165, 1.54) is 14.2 Å². The zero-order valence-electron chi connectivity index (χ0n) is 11.1. The highest BCUT2D eigenvalue weighted by atomic mass is 32.3. The van der Waals surface area contributed by atoms with Crippen LogP contribution in [0.4, 0.5) is 0 Å². The molecule has 11 nitrogen and oxygen atoms in total. The fraction of sp³-hybridized carbons (Fsp3) is 1.00. The molecular weight excluding hydrogens is 336 g/mol. The molecule has 21 heavy (non-hydrogen) atoms. The summed E-state index contributed by atoms with van der Waals surface area (Å²) in [5.41, 5.74) is 0. The predicted octanol–water partition coefficient (Wildman–Crippen LogP) is -1.23. The van der Waals surface area contributed by atoms with E-state index in [4.69, 9.17) is 23.3 Å². The van der Waals surface area contributed by atoms with Gasteiger partial charge in [0.05, 0.1) is 18.8 Å². The van der Waals surface area contributed by atoms with Gasteiger partial charge in [-0.15, -0.1) is 0 Å². The molecule has 126 valence electrons. The third kappa shape index (κ3) is 6.50. The van der Waals surface area contributed by atoms with Crippen molar-refractivity contribution < 1.29 is 48.5 Å². The Hall–Kier alpha value is -0.380. The molecule has 1 saturated heterocycles. The second kappa shape index (κ2) is 7.26. The maximum absolute atomic E-state index is 10.8. The van der Waals surface area contributed by atoms with Crippen molar-refractivity contribution in [2.45, 2.75) is 31.0 Å². The fourth-order valence-corrected chi connectivity index (χ4v) is 2.65. The van der Waals surface area contributed by atoms with Crippen molar-refractivity contribution in [3.63, 3.8) is 0 Å². The number of hydrogen-bond donors (Lipinski definition) is 2. The third-order valence-corrected chi connectivity index (χ3v) is 3.53. The van der Waals surface area contributed by atoms with Crippen LogP contribution in [0.3, 0.4) is 0 Å². The van der Waals surface area contributed by atoms with Crippen LogP contribution in [0.2, 0.25) is 0 Å². The zero-order chi connectivity index (χ0) is 16.3. The molecule has 0 amide bonds. The summed E-state index contributed by atoms with van der Waals surface area (Å²) in [6.45, 7) is -0.531. The molecule has 0 bridgehead atoms. The minimum absolute atomic E-state index is 0.0218. The molecule has 1 aliphatic heterocycles. The van der Waals surface area contributed by atoms with Crippen LogP contribution in [0, 0.1) is 0 Å². The summed E-state index contributed by atoms with van der Waals surface area (Å²) in [4.78, 5) is 0. The molecule has 1 rings (SSSR count). The van der Waals surface area contributed by atoms with Crippen LogP contribution in [0.25, 0.3) is 0 Å². The maximum atomic E-state index is 10.8. The normalized spacial score (nSPS) is 31.2. The minimum atomic E-state index is -4.77. The van der Waals surface area contributed by atoms with E-state index in [1.54, 1.807) is 0 Å². The van der Waals surface area contributed by atoms with Crippen LogP contribution in [0.15, 0.2) is 0 Å². The van der Waals surface area contributed by atoms with Gasteiger partial charge >= 0.3 is 20.8 Å². The van der Waals surface area contributed by atoms with Gasteiger partial charge in [0.25, 0.3) is 0 Å². The quantitative estimate of drug-likeness (QED) is 0.529. The van der Waals surface area contributed by atoms with E-state index in [9.17, 15) is 16.8 Å². The van der Waals surface area contributed by atoms with Gasteiger partial charge < -0.3 is 14.2 Å². The monoisotopic (exact) mass is 352 g/mol. The largest absolute Gasteiger partial charge is 0.397 e. The van der Waals surface area contributed by atoms with E-state index < -0.39 is 52.0 Å². The molecule has 3 unspecified atom stereocenters. The molecule has 0 aromatic rings. The van der Waals surface area contributed by atoms with E-state index >= 15 is 0 Å². The average molecular weight is 352 g/mol. The lowest BCUT2D eigenvalue weighted by Gasteiger charge is -2.38. The van der Waals surface area contributed by atoms with Crippen LogP contribution in [0.5, 0.6) is 0 Å². The Morgan fingerprint density at radius 1 is 1.10 bits per heavy atom. The van der Waals surface area contributed by atoms with E-state index in [0.717, 1.165) is 0 Å². The van der Waals surface area contributed by atoms with Gasteiger partial charge in [0.2, 0.25) is 0 Å². The summed E-state index contributed by atoms with van der Waals surface area (Å²) >= 11 is 0. The lowest BCUT2D eigenvalue weighted by Crippen LogP contribution is -2.52. The van der Waals surface area contributed by atoms with E-state index in [-0.39, 0.29) is 6.42 Å². The number of hydrogen-bond acceptors (Lipinski definition) is 9. The molecule has 13 heteroatoms. The van der Waals surface area contributed by atoms with Crippen molar-refractivity contribution in [1.29, 1.82) is 0 Å². The highest BCUT2D eigenvalue weighted by Crippen LogP contribution is 2.26. The Morgan fingerprint density at radius 3 is 2.14 bits per heavy atom. The second-order valence-electron chi connectivity index (χ2n) is 4.07. The van der Waals surface area contributed by atoms with Crippen LogP contribution in [0.1, 0.15) is 6.42 Å². The molecule has 0 aromatic heterocycles. The highest BCUT2D eigenvalue weighted by molar-refractivity contribution is 7.81. The number of methoxy groups -OCH3 is 2. The first kappa shape index (κ1) is 18.7. The van der Waals surface area contributed by atoms with Crippen molar-refractivity contribution in [3.8, 4) is 0 Å². The standard InChI is InChI=1S/C8H16O11S2/c1-15-6-3-5(4-17-20(9,10)11)18-8(16-2)7(6)19-21(12,13)14/h5-8H,3-4H2,1-2H3,(H,9,10,11)(H,12,13,14)/t5?,6?,7?,8-/m1/s1. The molecule has 0 aromatic carbocycles. The highest BCUT2D eigenvalue weighted by Gasteiger charge is 2.43. The molecule has 0 aliphatic carbocycles. The van der Waals surface area contributed by atoms with Crippen LogP contribution in [-0.4, -0.2) is 71.4 Å². The van der Waals surface area contributed by atoms with Crippen molar-refractivity contribution in [3.05, 3.63) is 0 Å². The van der Waals surface area contributed by atoms with Crippen LogP contribution < -0.4 is 0 Å². The zero-order valence-corrected chi connectivity index (χ0v) is 12.7. The van der Waals surface area contributed by atoms with E-state index in [0.29, 0.717) is 0 Å². The minimum Gasteiger partial charge on any atom is -0.378 e.